The molecular formula is C19H27N3O3. The van der Waals surface area contributed by atoms with Crippen LogP contribution in [0.25, 0.3) is 0 Å². The van der Waals surface area contributed by atoms with Crippen LogP contribution >= 0.6 is 0 Å². The van der Waals surface area contributed by atoms with Crippen molar-refractivity contribution in [1.29, 1.82) is 0 Å². The summed E-state index contributed by atoms with van der Waals surface area (Å²) in [5, 5.41) is 9.84. The molecular weight excluding hydrogens is 318 g/mol. The number of piperazine rings is 1. The molecule has 0 aliphatic carbocycles. The topological polar surface area (TPSA) is 64.1 Å². The molecule has 2 aliphatic heterocycles. The molecule has 0 bridgehead atoms. The van der Waals surface area contributed by atoms with E-state index < -0.39 is 0 Å². The largest absolute Gasteiger partial charge is 0.507 e. The van der Waals surface area contributed by atoms with Gasteiger partial charge in [-0.3, -0.25) is 14.5 Å². The number of carbonyl (C=O) groups is 2. The maximum atomic E-state index is 12.5. The van der Waals surface area contributed by atoms with Crippen LogP contribution in [0.1, 0.15) is 36.5 Å². The smallest absolute Gasteiger partial charge is 0.257 e. The molecule has 1 N–H and O–H groups in total. The predicted octanol–water partition coefficient (Wildman–Crippen LogP) is 1.55. The van der Waals surface area contributed by atoms with Crippen molar-refractivity contribution in [3.8, 4) is 5.75 Å². The first-order chi connectivity index (χ1) is 12.1. The molecule has 25 heavy (non-hydrogen) atoms. The summed E-state index contributed by atoms with van der Waals surface area (Å²) >= 11 is 0. The minimum atomic E-state index is -0.145. The Balaban J connectivity index is 1.51. The van der Waals surface area contributed by atoms with Gasteiger partial charge in [-0.1, -0.05) is 12.1 Å². The first-order valence-electron chi connectivity index (χ1n) is 9.15. The minimum absolute atomic E-state index is 0.0178. The number of likely N-dealkylation sites (tertiary alicyclic amines) is 1. The first-order valence-corrected chi connectivity index (χ1v) is 9.15. The SMILES string of the molecule is C[C@H]1CCCCN1C(=O)CN1CCN(C(=O)c2ccccc2O)CC1. The van der Waals surface area contributed by atoms with Crippen molar-refractivity contribution in [2.24, 2.45) is 0 Å². The van der Waals surface area contributed by atoms with E-state index in [9.17, 15) is 14.7 Å². The highest BCUT2D eigenvalue weighted by molar-refractivity contribution is 5.96. The van der Waals surface area contributed by atoms with E-state index in [1.165, 1.54) is 12.5 Å². The van der Waals surface area contributed by atoms with Crippen LogP contribution in [0.15, 0.2) is 24.3 Å². The Kier molecular flexibility index (Phi) is 5.58. The van der Waals surface area contributed by atoms with E-state index in [2.05, 4.69) is 11.8 Å². The summed E-state index contributed by atoms with van der Waals surface area (Å²) in [6.45, 7) is 5.96. The number of rotatable bonds is 3. The number of nitrogens with zero attached hydrogens (tertiary/aromatic N) is 3. The number of phenols is 1. The van der Waals surface area contributed by atoms with Crippen molar-refractivity contribution in [2.75, 3.05) is 39.3 Å². The molecule has 1 aromatic carbocycles. The van der Waals surface area contributed by atoms with Crippen LogP contribution < -0.4 is 0 Å². The zero-order chi connectivity index (χ0) is 17.8. The number of carbonyl (C=O) groups excluding carboxylic acids is 2. The third-order valence-electron chi connectivity index (χ3n) is 5.28. The molecule has 6 heteroatoms. The normalized spacial score (nSPS) is 22.0. The molecule has 6 nitrogen and oxygen atoms in total. The van der Waals surface area contributed by atoms with Crippen molar-refractivity contribution < 1.29 is 14.7 Å². The van der Waals surface area contributed by atoms with E-state index in [0.717, 1.165) is 19.4 Å². The maximum absolute atomic E-state index is 12.5. The summed E-state index contributed by atoms with van der Waals surface area (Å²) in [5.74, 6) is 0.0746. The number of para-hydroxylation sites is 1. The van der Waals surface area contributed by atoms with Gasteiger partial charge in [0.15, 0.2) is 0 Å². The molecule has 1 aromatic rings. The maximum Gasteiger partial charge on any atom is 0.257 e. The number of aromatic hydroxyl groups is 1. The van der Waals surface area contributed by atoms with Gasteiger partial charge in [0.25, 0.3) is 5.91 Å². The molecule has 2 fully saturated rings. The van der Waals surface area contributed by atoms with Crippen molar-refractivity contribution >= 4 is 11.8 Å². The quantitative estimate of drug-likeness (QED) is 0.903. The third-order valence-corrected chi connectivity index (χ3v) is 5.28. The molecule has 0 spiro atoms. The second-order valence-corrected chi connectivity index (χ2v) is 7.02. The van der Waals surface area contributed by atoms with Crippen LogP contribution in [-0.4, -0.2) is 76.9 Å². The molecule has 1 atom stereocenters. The Morgan fingerprint density at radius 3 is 2.48 bits per heavy atom. The van der Waals surface area contributed by atoms with Crippen LogP contribution in [0.3, 0.4) is 0 Å². The van der Waals surface area contributed by atoms with E-state index in [0.29, 0.717) is 44.3 Å². The van der Waals surface area contributed by atoms with E-state index >= 15 is 0 Å². The third kappa shape index (κ3) is 4.12. The van der Waals surface area contributed by atoms with Gasteiger partial charge in [0, 0.05) is 38.8 Å². The fourth-order valence-corrected chi connectivity index (χ4v) is 3.68. The standard InChI is InChI=1S/C19H27N3O3/c1-15-6-4-5-9-22(15)18(24)14-20-10-12-21(13-11-20)19(25)16-7-2-3-8-17(16)23/h2-3,7-8,15,23H,4-6,9-14H2,1H3/t15-/m0/s1. The highest BCUT2D eigenvalue weighted by Gasteiger charge is 2.28. The predicted molar refractivity (Wildman–Crippen MR) is 95.5 cm³/mol. The Bertz CT molecular complexity index is 626. The van der Waals surface area contributed by atoms with Crippen molar-refractivity contribution in [3.63, 3.8) is 0 Å². The minimum Gasteiger partial charge on any atom is -0.507 e. The Morgan fingerprint density at radius 2 is 1.80 bits per heavy atom. The summed E-state index contributed by atoms with van der Waals surface area (Å²) in [6, 6.07) is 6.97. The fraction of sp³-hybridized carbons (Fsp3) is 0.579. The van der Waals surface area contributed by atoms with Gasteiger partial charge in [-0.25, -0.2) is 0 Å². The van der Waals surface area contributed by atoms with Crippen LogP contribution in [0.5, 0.6) is 5.75 Å². The lowest BCUT2D eigenvalue weighted by molar-refractivity contribution is -0.136. The number of benzene rings is 1. The number of amides is 2. The van der Waals surface area contributed by atoms with E-state index in [1.54, 1.807) is 23.1 Å². The summed E-state index contributed by atoms with van der Waals surface area (Å²) in [4.78, 5) is 30.9. The van der Waals surface area contributed by atoms with Gasteiger partial charge in [0.1, 0.15) is 5.75 Å². The van der Waals surface area contributed by atoms with Gasteiger partial charge in [0.05, 0.1) is 12.1 Å². The molecule has 2 aliphatic rings. The highest BCUT2D eigenvalue weighted by Crippen LogP contribution is 2.19. The zero-order valence-corrected chi connectivity index (χ0v) is 14.9. The van der Waals surface area contributed by atoms with Crippen LogP contribution in [-0.2, 0) is 4.79 Å². The van der Waals surface area contributed by atoms with Crippen LogP contribution in [0.4, 0.5) is 0 Å². The summed E-state index contributed by atoms with van der Waals surface area (Å²) < 4.78 is 0. The molecule has 0 unspecified atom stereocenters. The van der Waals surface area contributed by atoms with Gasteiger partial charge < -0.3 is 14.9 Å². The lowest BCUT2D eigenvalue weighted by Crippen LogP contribution is -2.53. The molecule has 2 saturated heterocycles. The van der Waals surface area contributed by atoms with Crippen molar-refractivity contribution in [2.45, 2.75) is 32.2 Å². The average Bonchev–Trinajstić information content (AvgIpc) is 2.62. The first kappa shape index (κ1) is 17.7. The monoisotopic (exact) mass is 345 g/mol. The number of phenolic OH excluding ortho intramolecular Hbond substituents is 1. The van der Waals surface area contributed by atoms with Gasteiger partial charge in [0.2, 0.25) is 5.91 Å². The van der Waals surface area contributed by atoms with E-state index in [1.807, 2.05) is 4.90 Å². The zero-order valence-electron chi connectivity index (χ0n) is 14.9. The van der Waals surface area contributed by atoms with E-state index in [-0.39, 0.29) is 17.6 Å². The molecule has 136 valence electrons. The summed E-state index contributed by atoms with van der Waals surface area (Å²) in [7, 11) is 0. The van der Waals surface area contributed by atoms with Crippen molar-refractivity contribution in [1.82, 2.24) is 14.7 Å². The number of piperidine rings is 1. The molecule has 0 aromatic heterocycles. The summed E-state index contributed by atoms with van der Waals surface area (Å²) in [6.07, 6.45) is 3.39. The number of hydrogen-bond acceptors (Lipinski definition) is 4. The lowest BCUT2D eigenvalue weighted by Gasteiger charge is -2.38. The van der Waals surface area contributed by atoms with Gasteiger partial charge in [-0.05, 0) is 38.3 Å². The number of hydrogen-bond donors (Lipinski definition) is 1. The molecule has 3 rings (SSSR count). The Labute approximate surface area is 149 Å². The molecule has 0 radical (unpaired) electrons. The van der Waals surface area contributed by atoms with Gasteiger partial charge >= 0.3 is 0 Å². The fourth-order valence-electron chi connectivity index (χ4n) is 3.68. The van der Waals surface area contributed by atoms with Gasteiger partial charge in [-0.2, -0.15) is 0 Å². The molecule has 2 heterocycles. The molecule has 2 amide bonds. The van der Waals surface area contributed by atoms with E-state index in [4.69, 9.17) is 0 Å². The van der Waals surface area contributed by atoms with Crippen molar-refractivity contribution in [3.05, 3.63) is 29.8 Å². The van der Waals surface area contributed by atoms with Gasteiger partial charge in [-0.15, -0.1) is 0 Å². The Morgan fingerprint density at radius 1 is 1.08 bits per heavy atom. The highest BCUT2D eigenvalue weighted by atomic mass is 16.3. The second kappa shape index (κ2) is 7.87. The second-order valence-electron chi connectivity index (χ2n) is 7.02. The Hall–Kier alpha value is -2.08. The lowest BCUT2D eigenvalue weighted by atomic mass is 10.0. The van der Waals surface area contributed by atoms with Crippen LogP contribution in [0.2, 0.25) is 0 Å². The van der Waals surface area contributed by atoms with Crippen LogP contribution in [0, 0.1) is 0 Å². The molecule has 0 saturated carbocycles. The average molecular weight is 345 g/mol. The summed E-state index contributed by atoms with van der Waals surface area (Å²) in [5.41, 5.74) is 0.342.